The van der Waals surface area contributed by atoms with Gasteiger partial charge in [-0.25, -0.2) is 9.97 Å². The predicted octanol–water partition coefficient (Wildman–Crippen LogP) is 4.69. The summed E-state index contributed by atoms with van der Waals surface area (Å²) in [4.78, 5) is 8.43. The number of alkyl halides is 3. The molecule has 0 saturated carbocycles. The number of hydrogen-bond acceptors (Lipinski definition) is 2. The number of rotatable bonds is 2. The Morgan fingerprint density at radius 1 is 1.10 bits per heavy atom. The molecule has 20 heavy (non-hydrogen) atoms. The molecule has 6 heteroatoms. The van der Waals surface area contributed by atoms with Gasteiger partial charge in [0.15, 0.2) is 5.82 Å². The minimum absolute atomic E-state index is 0.332. The maximum atomic E-state index is 12.5. The number of aryl methyl sites for hydroxylation is 1. The van der Waals surface area contributed by atoms with Crippen molar-refractivity contribution in [2.45, 2.75) is 26.4 Å². The smallest absolute Gasteiger partial charge is 0.233 e. The molecule has 1 aromatic heterocycles. The zero-order valence-corrected chi connectivity index (χ0v) is 11.7. The molecule has 106 valence electrons. The molecule has 1 aromatic carbocycles. The first-order chi connectivity index (χ1) is 9.32. The van der Waals surface area contributed by atoms with Crippen LogP contribution in [0.1, 0.15) is 23.7 Å². The second kappa shape index (κ2) is 5.40. The average Bonchev–Trinajstić information content (AvgIpc) is 2.37. The molecule has 2 aromatic rings. The van der Waals surface area contributed by atoms with Crippen LogP contribution in [-0.4, -0.2) is 9.97 Å². The SMILES string of the molecule is CCc1c(C)nc(-c2ccc(C(F)(F)F)cc2)nc1Cl. The highest BCUT2D eigenvalue weighted by molar-refractivity contribution is 6.30. The minimum atomic E-state index is -4.35. The molecule has 0 atom stereocenters. The summed E-state index contributed by atoms with van der Waals surface area (Å²) in [5, 5.41) is 0.342. The van der Waals surface area contributed by atoms with Crippen molar-refractivity contribution in [2.24, 2.45) is 0 Å². The summed E-state index contributed by atoms with van der Waals surface area (Å²) in [5.41, 5.74) is 1.39. The third-order valence-electron chi connectivity index (χ3n) is 2.99. The molecule has 0 fully saturated rings. The number of benzene rings is 1. The van der Waals surface area contributed by atoms with Crippen molar-refractivity contribution in [1.29, 1.82) is 0 Å². The standard InChI is InChI=1S/C14H12ClF3N2/c1-3-11-8(2)19-13(20-12(11)15)9-4-6-10(7-5-9)14(16,17)18/h4-7H,3H2,1-2H3. The van der Waals surface area contributed by atoms with Crippen LogP contribution in [-0.2, 0) is 12.6 Å². The number of halogens is 4. The van der Waals surface area contributed by atoms with Crippen LogP contribution in [0.3, 0.4) is 0 Å². The Labute approximate surface area is 119 Å². The van der Waals surface area contributed by atoms with Gasteiger partial charge < -0.3 is 0 Å². The Morgan fingerprint density at radius 2 is 1.70 bits per heavy atom. The zero-order chi connectivity index (χ0) is 14.9. The van der Waals surface area contributed by atoms with Gasteiger partial charge in [0, 0.05) is 16.8 Å². The van der Waals surface area contributed by atoms with Crippen molar-refractivity contribution in [3.8, 4) is 11.4 Å². The van der Waals surface area contributed by atoms with Gasteiger partial charge in [-0.05, 0) is 25.5 Å². The van der Waals surface area contributed by atoms with Gasteiger partial charge in [0.1, 0.15) is 5.15 Å². The van der Waals surface area contributed by atoms with E-state index in [4.69, 9.17) is 11.6 Å². The van der Waals surface area contributed by atoms with Crippen molar-refractivity contribution in [3.63, 3.8) is 0 Å². The number of hydrogen-bond donors (Lipinski definition) is 0. The molecule has 2 rings (SSSR count). The first kappa shape index (κ1) is 14.8. The van der Waals surface area contributed by atoms with Crippen molar-refractivity contribution in [2.75, 3.05) is 0 Å². The van der Waals surface area contributed by atoms with E-state index >= 15 is 0 Å². The van der Waals surface area contributed by atoms with Crippen LogP contribution in [0.15, 0.2) is 24.3 Å². The van der Waals surface area contributed by atoms with Crippen LogP contribution in [0.5, 0.6) is 0 Å². The second-order valence-electron chi connectivity index (χ2n) is 4.33. The van der Waals surface area contributed by atoms with E-state index in [0.717, 1.165) is 23.4 Å². The highest BCUT2D eigenvalue weighted by atomic mass is 35.5. The van der Waals surface area contributed by atoms with E-state index in [1.165, 1.54) is 12.1 Å². The Kier molecular flexibility index (Phi) is 3.99. The van der Waals surface area contributed by atoms with Gasteiger partial charge in [0.2, 0.25) is 0 Å². The number of nitrogens with zero attached hydrogens (tertiary/aromatic N) is 2. The fraction of sp³-hybridized carbons (Fsp3) is 0.286. The van der Waals surface area contributed by atoms with E-state index in [1.807, 2.05) is 6.92 Å². The topological polar surface area (TPSA) is 25.8 Å². The van der Waals surface area contributed by atoms with Crippen LogP contribution in [0.25, 0.3) is 11.4 Å². The molecule has 0 spiro atoms. The molecule has 1 heterocycles. The summed E-state index contributed by atoms with van der Waals surface area (Å²) in [6.45, 7) is 3.75. The lowest BCUT2D eigenvalue weighted by Gasteiger charge is -2.09. The molecular formula is C14H12ClF3N2. The van der Waals surface area contributed by atoms with Gasteiger partial charge in [-0.15, -0.1) is 0 Å². The largest absolute Gasteiger partial charge is 0.416 e. The first-order valence-corrected chi connectivity index (χ1v) is 6.41. The minimum Gasteiger partial charge on any atom is -0.233 e. The average molecular weight is 301 g/mol. The van der Waals surface area contributed by atoms with Gasteiger partial charge in [-0.2, -0.15) is 13.2 Å². The van der Waals surface area contributed by atoms with Crippen molar-refractivity contribution < 1.29 is 13.2 Å². The zero-order valence-electron chi connectivity index (χ0n) is 10.9. The van der Waals surface area contributed by atoms with E-state index in [-0.39, 0.29) is 0 Å². The highest BCUT2D eigenvalue weighted by Gasteiger charge is 2.30. The maximum Gasteiger partial charge on any atom is 0.416 e. The summed E-state index contributed by atoms with van der Waals surface area (Å²) < 4.78 is 37.5. The van der Waals surface area contributed by atoms with Gasteiger partial charge in [-0.1, -0.05) is 30.7 Å². The van der Waals surface area contributed by atoms with E-state index in [2.05, 4.69) is 9.97 Å². The van der Waals surface area contributed by atoms with E-state index in [1.54, 1.807) is 6.92 Å². The number of aromatic nitrogens is 2. The maximum absolute atomic E-state index is 12.5. The molecule has 0 bridgehead atoms. The molecule has 0 amide bonds. The summed E-state index contributed by atoms with van der Waals surface area (Å²) in [7, 11) is 0. The Balaban J connectivity index is 2.42. The first-order valence-electron chi connectivity index (χ1n) is 6.03. The van der Waals surface area contributed by atoms with Crippen molar-refractivity contribution in [1.82, 2.24) is 9.97 Å². The third-order valence-corrected chi connectivity index (χ3v) is 3.30. The quantitative estimate of drug-likeness (QED) is 0.752. The molecule has 0 N–H and O–H groups in total. The summed E-state index contributed by atoms with van der Waals surface area (Å²) in [5.74, 6) is 0.332. The lowest BCUT2D eigenvalue weighted by Crippen LogP contribution is -2.04. The predicted molar refractivity (Wildman–Crippen MR) is 71.6 cm³/mol. The van der Waals surface area contributed by atoms with Crippen LogP contribution >= 0.6 is 11.6 Å². The van der Waals surface area contributed by atoms with Crippen LogP contribution in [0, 0.1) is 6.92 Å². The summed E-state index contributed by atoms with van der Waals surface area (Å²) in [6.07, 6.45) is -3.64. The van der Waals surface area contributed by atoms with E-state index < -0.39 is 11.7 Å². The Hall–Kier alpha value is -1.62. The summed E-state index contributed by atoms with van der Waals surface area (Å²) in [6, 6.07) is 4.71. The monoisotopic (exact) mass is 300 g/mol. The molecule has 0 saturated heterocycles. The van der Waals surface area contributed by atoms with Crippen molar-refractivity contribution >= 4 is 11.6 Å². The molecule has 0 unspecified atom stereocenters. The van der Waals surface area contributed by atoms with Gasteiger partial charge in [0.25, 0.3) is 0 Å². The molecule has 0 aliphatic rings. The highest BCUT2D eigenvalue weighted by Crippen LogP contribution is 2.30. The van der Waals surface area contributed by atoms with Crippen LogP contribution in [0.4, 0.5) is 13.2 Å². The van der Waals surface area contributed by atoms with Crippen molar-refractivity contribution in [3.05, 3.63) is 46.2 Å². The molecule has 0 radical (unpaired) electrons. The van der Waals surface area contributed by atoms with E-state index in [9.17, 15) is 13.2 Å². The lowest BCUT2D eigenvalue weighted by molar-refractivity contribution is -0.137. The van der Waals surface area contributed by atoms with Crippen LogP contribution < -0.4 is 0 Å². The Morgan fingerprint density at radius 3 is 2.15 bits per heavy atom. The van der Waals surface area contributed by atoms with E-state index in [0.29, 0.717) is 23.0 Å². The second-order valence-corrected chi connectivity index (χ2v) is 4.69. The van der Waals surface area contributed by atoms with Crippen LogP contribution in [0.2, 0.25) is 5.15 Å². The normalized spacial score (nSPS) is 11.7. The van der Waals surface area contributed by atoms with Gasteiger partial charge >= 0.3 is 6.18 Å². The lowest BCUT2D eigenvalue weighted by atomic mass is 10.1. The molecule has 0 aliphatic heterocycles. The Bertz CT molecular complexity index is 598. The summed E-state index contributed by atoms with van der Waals surface area (Å²) >= 11 is 6.06. The fourth-order valence-corrected chi connectivity index (χ4v) is 2.25. The molecular weight excluding hydrogens is 289 g/mol. The third kappa shape index (κ3) is 2.93. The van der Waals surface area contributed by atoms with Gasteiger partial charge in [0.05, 0.1) is 5.56 Å². The fourth-order valence-electron chi connectivity index (χ4n) is 1.90. The van der Waals surface area contributed by atoms with Gasteiger partial charge in [-0.3, -0.25) is 0 Å². The molecule has 0 aliphatic carbocycles. The molecule has 2 nitrogen and oxygen atoms in total.